The van der Waals surface area contributed by atoms with E-state index in [0.29, 0.717) is 11.4 Å². The third-order valence-electron chi connectivity index (χ3n) is 4.50. The van der Waals surface area contributed by atoms with Gasteiger partial charge < -0.3 is 20.3 Å². The van der Waals surface area contributed by atoms with Crippen molar-refractivity contribution in [3.63, 3.8) is 0 Å². The largest absolute Gasteiger partial charge is 0.452 e. The molecule has 0 radical (unpaired) electrons. The second kappa shape index (κ2) is 6.25. The molecule has 0 spiro atoms. The fraction of sp³-hybridized carbons (Fsp3) is 0.278. The zero-order valence-electron chi connectivity index (χ0n) is 14.0. The highest BCUT2D eigenvalue weighted by molar-refractivity contribution is 5.66. The highest BCUT2D eigenvalue weighted by Gasteiger charge is 2.17. The lowest BCUT2D eigenvalue weighted by atomic mass is 10.2. The van der Waals surface area contributed by atoms with Crippen LogP contribution < -0.4 is 15.4 Å². The van der Waals surface area contributed by atoms with E-state index in [1.54, 1.807) is 22.8 Å². The van der Waals surface area contributed by atoms with Gasteiger partial charge in [0.05, 0.1) is 18.1 Å². The Labute approximate surface area is 145 Å². The van der Waals surface area contributed by atoms with Crippen LogP contribution in [0.4, 0.5) is 15.8 Å². The van der Waals surface area contributed by atoms with Crippen molar-refractivity contribution < 1.29 is 9.13 Å². The summed E-state index contributed by atoms with van der Waals surface area (Å²) in [4.78, 5) is 4.58. The van der Waals surface area contributed by atoms with Crippen molar-refractivity contribution >= 4 is 16.9 Å². The summed E-state index contributed by atoms with van der Waals surface area (Å²) in [6.07, 6.45) is 3.68. The van der Waals surface area contributed by atoms with E-state index in [0.717, 1.165) is 37.4 Å². The first-order chi connectivity index (χ1) is 12.1. The maximum atomic E-state index is 14.1. The number of nitrogens with two attached hydrogens (primary N) is 1. The summed E-state index contributed by atoms with van der Waals surface area (Å²) >= 11 is 0. The molecule has 2 N–H and O–H groups in total. The highest BCUT2D eigenvalue weighted by Crippen LogP contribution is 2.32. The van der Waals surface area contributed by atoms with Gasteiger partial charge in [0.25, 0.3) is 0 Å². The topological polar surface area (TPSA) is 59.0 Å². The molecule has 0 unspecified atom stereocenters. The van der Waals surface area contributed by atoms with Crippen LogP contribution in [0.15, 0.2) is 42.7 Å². The second-order valence-corrected chi connectivity index (χ2v) is 6.31. The summed E-state index contributed by atoms with van der Waals surface area (Å²) in [5.41, 5.74) is 7.77. The maximum Gasteiger partial charge on any atom is 0.167 e. The lowest BCUT2D eigenvalue weighted by Crippen LogP contribution is -2.44. The Morgan fingerprint density at radius 2 is 1.88 bits per heavy atom. The number of nitrogens with zero attached hydrogens (tertiary/aromatic N) is 4. The van der Waals surface area contributed by atoms with Gasteiger partial charge in [0, 0.05) is 44.0 Å². The number of halogens is 1. The van der Waals surface area contributed by atoms with Gasteiger partial charge in [-0.15, -0.1) is 0 Å². The molecule has 0 atom stereocenters. The molecule has 3 aromatic rings. The van der Waals surface area contributed by atoms with Crippen LogP contribution >= 0.6 is 0 Å². The minimum atomic E-state index is -0.484. The van der Waals surface area contributed by atoms with Crippen molar-refractivity contribution in [2.45, 2.75) is 0 Å². The lowest BCUT2D eigenvalue weighted by molar-refractivity contribution is 0.312. The summed E-state index contributed by atoms with van der Waals surface area (Å²) in [6.45, 7) is 3.86. The summed E-state index contributed by atoms with van der Waals surface area (Å²) in [7, 11) is 2.12. The quantitative estimate of drug-likeness (QED) is 0.742. The average Bonchev–Trinajstić information content (AvgIpc) is 3.07. The number of likely N-dealkylation sites (N-methyl/N-ethyl adjacent to an activating group) is 1. The van der Waals surface area contributed by atoms with E-state index in [1.165, 1.54) is 6.07 Å². The van der Waals surface area contributed by atoms with E-state index in [2.05, 4.69) is 21.9 Å². The first-order valence-corrected chi connectivity index (χ1v) is 8.24. The number of hydrogen-bond donors (Lipinski definition) is 1. The molecule has 130 valence electrons. The van der Waals surface area contributed by atoms with Crippen LogP contribution in [0.25, 0.3) is 5.52 Å². The summed E-state index contributed by atoms with van der Waals surface area (Å²) in [6, 6.07) is 8.21. The van der Waals surface area contributed by atoms with E-state index in [4.69, 9.17) is 10.5 Å². The number of ether oxygens (including phenoxy) is 1. The Morgan fingerprint density at radius 3 is 2.64 bits per heavy atom. The van der Waals surface area contributed by atoms with E-state index in [-0.39, 0.29) is 5.75 Å². The number of aromatic nitrogens is 2. The van der Waals surface area contributed by atoms with Crippen LogP contribution in [0.5, 0.6) is 11.5 Å². The Balaban J connectivity index is 1.71. The lowest BCUT2D eigenvalue weighted by Gasteiger charge is -2.34. The average molecular weight is 341 g/mol. The molecule has 7 heteroatoms. The number of benzene rings is 1. The van der Waals surface area contributed by atoms with Crippen LogP contribution in [0.1, 0.15) is 0 Å². The third-order valence-corrected chi connectivity index (χ3v) is 4.50. The molecule has 1 aliphatic rings. The zero-order chi connectivity index (χ0) is 17.4. The Hall–Kier alpha value is -2.80. The summed E-state index contributed by atoms with van der Waals surface area (Å²) in [5, 5.41) is 4.31. The first-order valence-electron chi connectivity index (χ1n) is 8.24. The Kier molecular flexibility index (Phi) is 3.93. The molecule has 4 rings (SSSR count). The Morgan fingerprint density at radius 1 is 1.08 bits per heavy atom. The van der Waals surface area contributed by atoms with Gasteiger partial charge in [-0.3, -0.25) is 0 Å². The molecule has 6 nitrogen and oxygen atoms in total. The van der Waals surface area contributed by atoms with Crippen molar-refractivity contribution in [3.8, 4) is 11.5 Å². The van der Waals surface area contributed by atoms with Gasteiger partial charge in [-0.2, -0.15) is 5.10 Å². The predicted molar refractivity (Wildman–Crippen MR) is 95.8 cm³/mol. The molecule has 1 aliphatic heterocycles. The van der Waals surface area contributed by atoms with Gasteiger partial charge in [0.2, 0.25) is 0 Å². The molecule has 2 aromatic heterocycles. The predicted octanol–water partition coefficient (Wildman–Crippen LogP) is 2.60. The molecule has 3 heterocycles. The van der Waals surface area contributed by atoms with E-state index in [9.17, 15) is 4.39 Å². The number of anilines is 2. The Bertz CT molecular complexity index is 902. The van der Waals surface area contributed by atoms with Gasteiger partial charge in [0.1, 0.15) is 5.52 Å². The SMILES string of the molecule is CN1CCN(c2cc(Oc3ccc(N)cc3F)c3ccnn3c2)CC1. The minimum Gasteiger partial charge on any atom is -0.452 e. The highest BCUT2D eigenvalue weighted by atomic mass is 19.1. The first kappa shape index (κ1) is 15.7. The van der Waals surface area contributed by atoms with Crippen molar-refractivity contribution in [3.05, 3.63) is 48.5 Å². The third kappa shape index (κ3) is 3.10. The molecule has 0 saturated carbocycles. The number of hydrogen-bond acceptors (Lipinski definition) is 5. The van der Waals surface area contributed by atoms with Crippen molar-refractivity contribution in [2.75, 3.05) is 43.9 Å². The van der Waals surface area contributed by atoms with Crippen LogP contribution in [0, 0.1) is 5.82 Å². The van der Waals surface area contributed by atoms with Crippen molar-refractivity contribution in [1.82, 2.24) is 14.5 Å². The smallest absolute Gasteiger partial charge is 0.167 e. The number of piperazine rings is 1. The molecular formula is C18H20FN5O. The van der Waals surface area contributed by atoms with Gasteiger partial charge in [0.15, 0.2) is 17.3 Å². The molecular weight excluding hydrogens is 321 g/mol. The summed E-state index contributed by atoms with van der Waals surface area (Å²) in [5.74, 6) is 0.230. The van der Waals surface area contributed by atoms with Crippen LogP contribution in [-0.4, -0.2) is 47.7 Å². The molecule has 25 heavy (non-hydrogen) atoms. The standard InChI is InChI=1S/C18H20FN5O/c1-22-6-8-23(9-7-22)14-11-18(16-4-5-21-24(16)12-14)25-17-3-2-13(20)10-15(17)19/h2-5,10-12H,6-9,20H2,1H3. The molecule has 1 aromatic carbocycles. The summed E-state index contributed by atoms with van der Waals surface area (Å²) < 4.78 is 21.7. The monoisotopic (exact) mass is 341 g/mol. The van der Waals surface area contributed by atoms with Gasteiger partial charge >= 0.3 is 0 Å². The van der Waals surface area contributed by atoms with Crippen LogP contribution in [0.3, 0.4) is 0 Å². The van der Waals surface area contributed by atoms with E-state index in [1.807, 2.05) is 18.3 Å². The van der Waals surface area contributed by atoms with Crippen LogP contribution in [0.2, 0.25) is 0 Å². The number of pyridine rings is 1. The minimum absolute atomic E-state index is 0.146. The van der Waals surface area contributed by atoms with Gasteiger partial charge in [-0.1, -0.05) is 0 Å². The number of rotatable bonds is 3. The molecule has 1 fully saturated rings. The van der Waals surface area contributed by atoms with E-state index >= 15 is 0 Å². The van der Waals surface area contributed by atoms with Crippen molar-refractivity contribution in [1.29, 1.82) is 0 Å². The second-order valence-electron chi connectivity index (χ2n) is 6.31. The van der Waals surface area contributed by atoms with Gasteiger partial charge in [-0.25, -0.2) is 8.91 Å². The molecule has 1 saturated heterocycles. The molecule has 0 bridgehead atoms. The fourth-order valence-electron chi connectivity index (χ4n) is 3.02. The zero-order valence-corrected chi connectivity index (χ0v) is 14.0. The maximum absolute atomic E-state index is 14.1. The molecule has 0 aliphatic carbocycles. The van der Waals surface area contributed by atoms with E-state index < -0.39 is 5.82 Å². The number of fused-ring (bicyclic) bond motifs is 1. The fourth-order valence-corrected chi connectivity index (χ4v) is 3.02. The van der Waals surface area contributed by atoms with Gasteiger partial charge in [-0.05, 0) is 25.2 Å². The van der Waals surface area contributed by atoms with Crippen molar-refractivity contribution in [2.24, 2.45) is 0 Å². The van der Waals surface area contributed by atoms with Crippen LogP contribution in [-0.2, 0) is 0 Å². The normalized spacial score (nSPS) is 15.7. The number of nitrogen functional groups attached to an aromatic ring is 1. The molecule has 0 amide bonds.